The molecule has 1 aliphatic rings. The van der Waals surface area contributed by atoms with Gasteiger partial charge in [0.1, 0.15) is 4.21 Å². The minimum Gasteiger partial charge on any atom is -0.392 e. The van der Waals surface area contributed by atoms with Gasteiger partial charge in [-0.15, -0.1) is 11.3 Å². The van der Waals surface area contributed by atoms with Crippen molar-refractivity contribution in [1.82, 2.24) is 9.62 Å². The molecule has 0 aliphatic heterocycles. The highest BCUT2D eigenvalue weighted by molar-refractivity contribution is 7.91. The van der Waals surface area contributed by atoms with Crippen LogP contribution in [0.1, 0.15) is 25.3 Å². The van der Waals surface area contributed by atoms with Gasteiger partial charge in [0.2, 0.25) is 10.0 Å². The second kappa shape index (κ2) is 6.32. The minimum atomic E-state index is -3.43. The maximum absolute atomic E-state index is 12.0. The van der Waals surface area contributed by atoms with E-state index in [9.17, 15) is 8.42 Å². The van der Waals surface area contributed by atoms with Crippen LogP contribution < -0.4 is 4.72 Å². The Morgan fingerprint density at radius 3 is 2.79 bits per heavy atom. The molecule has 1 heterocycles. The normalized spacial score (nSPS) is 16.2. The first-order valence-corrected chi connectivity index (χ1v) is 8.85. The largest absolute Gasteiger partial charge is 0.392 e. The summed E-state index contributed by atoms with van der Waals surface area (Å²) in [6.45, 7) is 4.11. The standard InChI is InChI=1S/C12H20N2O3S2/c1-2-14(11-3-4-11)6-5-13-19(16,17)12-7-10(8-15)9-18-12/h7,9,11,13,15H,2-6,8H2,1H3. The highest BCUT2D eigenvalue weighted by Crippen LogP contribution is 2.26. The Morgan fingerprint density at radius 2 is 2.26 bits per heavy atom. The van der Waals surface area contributed by atoms with Crippen molar-refractivity contribution in [2.75, 3.05) is 19.6 Å². The van der Waals surface area contributed by atoms with Gasteiger partial charge in [-0.3, -0.25) is 4.90 Å². The lowest BCUT2D eigenvalue weighted by molar-refractivity contribution is 0.282. The predicted molar refractivity (Wildman–Crippen MR) is 75.7 cm³/mol. The van der Waals surface area contributed by atoms with Crippen LogP contribution in [0.4, 0.5) is 0 Å². The SMILES string of the molecule is CCN(CCNS(=O)(=O)c1cc(CO)cs1)C1CC1. The minimum absolute atomic E-state index is 0.128. The summed E-state index contributed by atoms with van der Waals surface area (Å²) in [4.78, 5) is 2.30. The van der Waals surface area contributed by atoms with E-state index in [1.165, 1.54) is 18.9 Å². The Balaban J connectivity index is 1.86. The number of nitrogens with zero attached hydrogens (tertiary/aromatic N) is 1. The second-order valence-electron chi connectivity index (χ2n) is 4.69. The van der Waals surface area contributed by atoms with Gasteiger partial charge in [0.15, 0.2) is 0 Å². The zero-order valence-corrected chi connectivity index (χ0v) is 12.6. The van der Waals surface area contributed by atoms with Gasteiger partial charge in [-0.25, -0.2) is 13.1 Å². The molecule has 2 N–H and O–H groups in total. The van der Waals surface area contributed by atoms with Crippen LogP contribution in [-0.4, -0.2) is 44.1 Å². The van der Waals surface area contributed by atoms with Gasteiger partial charge in [-0.1, -0.05) is 6.92 Å². The number of rotatable bonds is 8. The summed E-state index contributed by atoms with van der Waals surface area (Å²) in [5.41, 5.74) is 0.638. The summed E-state index contributed by atoms with van der Waals surface area (Å²) < 4.78 is 26.9. The average Bonchev–Trinajstić information content (AvgIpc) is 3.10. The molecule has 0 amide bonds. The maximum atomic E-state index is 12.0. The van der Waals surface area contributed by atoms with Crippen molar-refractivity contribution in [2.45, 2.75) is 36.6 Å². The Bertz CT molecular complexity index is 509. The maximum Gasteiger partial charge on any atom is 0.250 e. The molecule has 0 saturated heterocycles. The summed E-state index contributed by atoms with van der Waals surface area (Å²) in [6.07, 6.45) is 2.46. The summed E-state index contributed by atoms with van der Waals surface area (Å²) in [5.74, 6) is 0. The Hall–Kier alpha value is -0.470. The zero-order chi connectivity index (χ0) is 13.9. The van der Waals surface area contributed by atoms with Crippen LogP contribution in [0.5, 0.6) is 0 Å². The van der Waals surface area contributed by atoms with Crippen molar-refractivity contribution < 1.29 is 13.5 Å². The van der Waals surface area contributed by atoms with Gasteiger partial charge >= 0.3 is 0 Å². The van der Waals surface area contributed by atoms with Crippen LogP contribution >= 0.6 is 11.3 Å². The first-order valence-electron chi connectivity index (χ1n) is 6.49. The molecular formula is C12H20N2O3S2. The fraction of sp³-hybridized carbons (Fsp3) is 0.667. The number of aliphatic hydroxyl groups excluding tert-OH is 1. The van der Waals surface area contributed by atoms with Gasteiger partial charge < -0.3 is 5.11 Å². The van der Waals surface area contributed by atoms with E-state index in [0.29, 0.717) is 18.2 Å². The van der Waals surface area contributed by atoms with Crippen LogP contribution in [0.3, 0.4) is 0 Å². The number of hydrogen-bond acceptors (Lipinski definition) is 5. The quantitative estimate of drug-likeness (QED) is 0.752. The molecule has 0 aromatic carbocycles. The van der Waals surface area contributed by atoms with E-state index >= 15 is 0 Å². The number of likely N-dealkylation sites (N-methyl/N-ethyl adjacent to an activating group) is 1. The average molecular weight is 304 g/mol. The summed E-state index contributed by atoms with van der Waals surface area (Å²) in [7, 11) is -3.43. The number of sulfonamides is 1. The summed E-state index contributed by atoms with van der Waals surface area (Å²) >= 11 is 1.14. The van der Waals surface area contributed by atoms with Crippen molar-refractivity contribution >= 4 is 21.4 Å². The molecule has 19 heavy (non-hydrogen) atoms. The van der Waals surface area contributed by atoms with Gasteiger partial charge in [0, 0.05) is 19.1 Å². The van der Waals surface area contributed by atoms with Crippen LogP contribution in [0.15, 0.2) is 15.7 Å². The van der Waals surface area contributed by atoms with E-state index in [2.05, 4.69) is 16.5 Å². The molecule has 1 fully saturated rings. The van der Waals surface area contributed by atoms with E-state index in [0.717, 1.165) is 24.4 Å². The van der Waals surface area contributed by atoms with Gasteiger partial charge in [0.25, 0.3) is 0 Å². The lowest BCUT2D eigenvalue weighted by Gasteiger charge is -2.19. The first-order chi connectivity index (χ1) is 9.06. The van der Waals surface area contributed by atoms with E-state index in [-0.39, 0.29) is 10.8 Å². The van der Waals surface area contributed by atoms with E-state index in [4.69, 9.17) is 5.11 Å². The first kappa shape index (κ1) is 14.9. The van der Waals surface area contributed by atoms with Crippen molar-refractivity contribution in [3.05, 3.63) is 17.0 Å². The van der Waals surface area contributed by atoms with Crippen LogP contribution in [0.2, 0.25) is 0 Å². The van der Waals surface area contributed by atoms with Crippen molar-refractivity contribution in [3.63, 3.8) is 0 Å². The fourth-order valence-electron chi connectivity index (χ4n) is 2.01. The lowest BCUT2D eigenvalue weighted by Crippen LogP contribution is -2.35. The van der Waals surface area contributed by atoms with Crippen LogP contribution in [0.25, 0.3) is 0 Å². The Morgan fingerprint density at radius 1 is 1.53 bits per heavy atom. The van der Waals surface area contributed by atoms with Crippen molar-refractivity contribution in [2.24, 2.45) is 0 Å². The number of thiophene rings is 1. The molecule has 1 aliphatic carbocycles. The van der Waals surface area contributed by atoms with Gasteiger partial charge in [-0.2, -0.15) is 0 Å². The molecule has 1 saturated carbocycles. The van der Waals surface area contributed by atoms with E-state index in [1.807, 2.05) is 0 Å². The predicted octanol–water partition coefficient (Wildman–Crippen LogP) is 1.00. The molecule has 2 rings (SSSR count). The molecule has 1 aromatic heterocycles. The van der Waals surface area contributed by atoms with Gasteiger partial charge in [-0.05, 0) is 36.4 Å². The highest BCUT2D eigenvalue weighted by atomic mass is 32.2. The summed E-state index contributed by atoms with van der Waals surface area (Å²) in [5, 5.41) is 10.6. The molecule has 108 valence electrons. The summed E-state index contributed by atoms with van der Waals surface area (Å²) in [6, 6.07) is 2.17. The van der Waals surface area contributed by atoms with Crippen LogP contribution in [-0.2, 0) is 16.6 Å². The van der Waals surface area contributed by atoms with E-state index in [1.54, 1.807) is 5.38 Å². The molecule has 0 atom stereocenters. The number of nitrogens with one attached hydrogen (secondary N) is 1. The molecule has 0 radical (unpaired) electrons. The third-order valence-corrected chi connectivity index (χ3v) is 6.19. The van der Waals surface area contributed by atoms with E-state index < -0.39 is 10.0 Å². The number of hydrogen-bond donors (Lipinski definition) is 2. The lowest BCUT2D eigenvalue weighted by atomic mass is 10.4. The smallest absolute Gasteiger partial charge is 0.250 e. The van der Waals surface area contributed by atoms with Crippen LogP contribution in [0, 0.1) is 0 Å². The topological polar surface area (TPSA) is 69.6 Å². The van der Waals surface area contributed by atoms with Crippen molar-refractivity contribution in [3.8, 4) is 0 Å². The van der Waals surface area contributed by atoms with Crippen molar-refractivity contribution in [1.29, 1.82) is 0 Å². The molecular weight excluding hydrogens is 284 g/mol. The molecule has 0 spiro atoms. The second-order valence-corrected chi connectivity index (χ2v) is 7.59. The zero-order valence-electron chi connectivity index (χ0n) is 11.0. The Kier molecular flexibility index (Phi) is 4.97. The number of aliphatic hydroxyl groups is 1. The monoisotopic (exact) mass is 304 g/mol. The third kappa shape index (κ3) is 4.00. The molecule has 0 unspecified atom stereocenters. The van der Waals surface area contributed by atoms with Gasteiger partial charge in [0.05, 0.1) is 6.61 Å². The molecule has 5 nitrogen and oxygen atoms in total. The third-order valence-electron chi connectivity index (χ3n) is 3.24. The fourth-order valence-corrected chi connectivity index (χ4v) is 4.28. The molecule has 7 heteroatoms. The molecule has 0 bridgehead atoms. The Labute approximate surface area is 118 Å². The molecule has 1 aromatic rings. The highest BCUT2D eigenvalue weighted by Gasteiger charge is 2.27.